The maximum atomic E-state index is 12.6. The molecule has 2 aromatic carbocycles. The number of rotatable bonds is 7. The molecule has 1 N–H and O–H groups in total. The number of aromatic nitrogens is 3. The zero-order valence-electron chi connectivity index (χ0n) is 18.0. The van der Waals surface area contributed by atoms with Gasteiger partial charge in [0.05, 0.1) is 5.75 Å². The molecule has 7 heteroatoms. The van der Waals surface area contributed by atoms with Gasteiger partial charge < -0.3 is 9.88 Å². The second-order valence-electron chi connectivity index (χ2n) is 7.93. The highest BCUT2D eigenvalue weighted by molar-refractivity contribution is 7.99. The van der Waals surface area contributed by atoms with Gasteiger partial charge in [-0.05, 0) is 62.1 Å². The molecule has 0 aliphatic carbocycles. The highest BCUT2D eigenvalue weighted by Gasteiger charge is 2.17. The Morgan fingerprint density at radius 2 is 1.73 bits per heavy atom. The quantitative estimate of drug-likeness (QED) is 0.462. The number of halogens is 1. The maximum Gasteiger partial charge on any atom is 0.234 e. The van der Waals surface area contributed by atoms with Crippen molar-refractivity contribution in [3.63, 3.8) is 0 Å². The van der Waals surface area contributed by atoms with Crippen LogP contribution >= 0.6 is 23.4 Å². The number of thioether (sulfide) groups is 1. The van der Waals surface area contributed by atoms with Gasteiger partial charge in [0.1, 0.15) is 0 Å². The molecule has 0 spiro atoms. The zero-order chi connectivity index (χ0) is 21.8. The first-order chi connectivity index (χ1) is 14.2. The Kier molecular flexibility index (Phi) is 7.21. The van der Waals surface area contributed by atoms with Crippen LogP contribution in [0.1, 0.15) is 30.5 Å². The fourth-order valence-electron chi connectivity index (χ4n) is 3.42. The Morgan fingerprint density at radius 1 is 1.10 bits per heavy atom. The molecule has 0 saturated heterocycles. The summed E-state index contributed by atoms with van der Waals surface area (Å²) < 4.78 is 2.08. The van der Waals surface area contributed by atoms with Crippen LogP contribution in [0.25, 0.3) is 11.4 Å². The third kappa shape index (κ3) is 5.43. The summed E-state index contributed by atoms with van der Waals surface area (Å²) in [5.74, 6) is 1.41. The normalized spacial score (nSPS) is 11.2. The second-order valence-corrected chi connectivity index (χ2v) is 9.31. The molecule has 0 bridgehead atoms. The third-order valence-electron chi connectivity index (χ3n) is 4.64. The number of carbonyl (C=O) groups excluding carboxylic acids is 1. The van der Waals surface area contributed by atoms with E-state index in [1.807, 2.05) is 38.1 Å². The van der Waals surface area contributed by atoms with Crippen molar-refractivity contribution in [1.82, 2.24) is 14.8 Å². The van der Waals surface area contributed by atoms with E-state index in [-0.39, 0.29) is 11.7 Å². The van der Waals surface area contributed by atoms with Crippen molar-refractivity contribution in [3.05, 3.63) is 58.1 Å². The molecule has 158 valence electrons. The molecule has 0 fully saturated rings. The van der Waals surface area contributed by atoms with E-state index >= 15 is 0 Å². The van der Waals surface area contributed by atoms with E-state index in [0.29, 0.717) is 10.9 Å². The monoisotopic (exact) mass is 442 g/mol. The molecule has 0 aliphatic heterocycles. The molecule has 30 heavy (non-hydrogen) atoms. The van der Waals surface area contributed by atoms with Gasteiger partial charge in [-0.15, -0.1) is 10.2 Å². The standard InChI is InChI=1S/C23H27ClN4OS/c1-14(2)12-28-22(18-6-8-19(24)9-7-18)26-27-23(28)30-13-20(29)25-21-16(4)10-15(3)11-17(21)5/h6-11,14H,12-13H2,1-5H3,(H,25,29). The first kappa shape index (κ1) is 22.4. The second kappa shape index (κ2) is 9.67. The summed E-state index contributed by atoms with van der Waals surface area (Å²) in [4.78, 5) is 12.6. The molecule has 3 rings (SSSR count). The number of amides is 1. The van der Waals surface area contributed by atoms with E-state index in [9.17, 15) is 4.79 Å². The number of hydrogen-bond acceptors (Lipinski definition) is 4. The van der Waals surface area contributed by atoms with Crippen LogP contribution < -0.4 is 5.32 Å². The number of hydrogen-bond donors (Lipinski definition) is 1. The topological polar surface area (TPSA) is 59.8 Å². The first-order valence-electron chi connectivity index (χ1n) is 9.94. The van der Waals surface area contributed by atoms with Crippen molar-refractivity contribution in [2.24, 2.45) is 5.92 Å². The number of aryl methyl sites for hydroxylation is 3. The molecule has 1 heterocycles. The van der Waals surface area contributed by atoms with E-state index in [1.165, 1.54) is 17.3 Å². The van der Waals surface area contributed by atoms with Gasteiger partial charge in [0, 0.05) is 22.8 Å². The molecular weight excluding hydrogens is 416 g/mol. The number of nitrogens with one attached hydrogen (secondary N) is 1. The molecule has 0 saturated carbocycles. The molecule has 1 amide bonds. The van der Waals surface area contributed by atoms with Crippen LogP contribution in [0.15, 0.2) is 41.6 Å². The Bertz CT molecular complexity index is 1020. The van der Waals surface area contributed by atoms with E-state index in [1.54, 1.807) is 0 Å². The van der Waals surface area contributed by atoms with E-state index in [4.69, 9.17) is 11.6 Å². The van der Waals surface area contributed by atoms with Gasteiger partial charge in [-0.1, -0.05) is 54.9 Å². The minimum Gasteiger partial charge on any atom is -0.325 e. The summed E-state index contributed by atoms with van der Waals surface area (Å²) >= 11 is 7.42. The van der Waals surface area contributed by atoms with Crippen molar-refractivity contribution >= 4 is 35.0 Å². The number of nitrogens with zero attached hydrogens (tertiary/aromatic N) is 3. The lowest BCUT2D eigenvalue weighted by molar-refractivity contribution is -0.113. The van der Waals surface area contributed by atoms with Crippen LogP contribution in [0.4, 0.5) is 5.69 Å². The fraction of sp³-hybridized carbons (Fsp3) is 0.348. The fourth-order valence-corrected chi connectivity index (χ4v) is 4.29. The highest BCUT2D eigenvalue weighted by Crippen LogP contribution is 2.27. The lowest BCUT2D eigenvalue weighted by atomic mass is 10.1. The number of anilines is 1. The van der Waals surface area contributed by atoms with Crippen LogP contribution in [-0.2, 0) is 11.3 Å². The van der Waals surface area contributed by atoms with Crippen molar-refractivity contribution in [2.75, 3.05) is 11.1 Å². The molecule has 1 aromatic heterocycles. The molecule has 0 atom stereocenters. The summed E-state index contributed by atoms with van der Waals surface area (Å²) in [6, 6.07) is 11.7. The van der Waals surface area contributed by atoms with Crippen LogP contribution in [0.3, 0.4) is 0 Å². The summed E-state index contributed by atoms with van der Waals surface area (Å²) in [5, 5.41) is 13.2. The third-order valence-corrected chi connectivity index (χ3v) is 5.86. The summed E-state index contributed by atoms with van der Waals surface area (Å²) in [5.41, 5.74) is 5.16. The molecule has 0 unspecified atom stereocenters. The van der Waals surface area contributed by atoms with Gasteiger partial charge >= 0.3 is 0 Å². The lowest BCUT2D eigenvalue weighted by Gasteiger charge is -2.14. The lowest BCUT2D eigenvalue weighted by Crippen LogP contribution is -2.16. The number of carbonyl (C=O) groups is 1. The van der Waals surface area contributed by atoms with Gasteiger partial charge in [-0.25, -0.2) is 0 Å². The first-order valence-corrected chi connectivity index (χ1v) is 11.3. The van der Waals surface area contributed by atoms with E-state index in [0.717, 1.165) is 39.9 Å². The van der Waals surface area contributed by atoms with E-state index in [2.05, 4.69) is 53.0 Å². The predicted octanol–water partition coefficient (Wildman–Crippen LogP) is 5.91. The minimum atomic E-state index is -0.0535. The maximum absolute atomic E-state index is 12.6. The van der Waals surface area contributed by atoms with Gasteiger partial charge in [-0.2, -0.15) is 0 Å². The Hall–Kier alpha value is -2.31. The number of benzene rings is 2. The average Bonchev–Trinajstić information content (AvgIpc) is 3.05. The molecule has 5 nitrogen and oxygen atoms in total. The summed E-state index contributed by atoms with van der Waals surface area (Å²) in [6.45, 7) is 11.2. The molecule has 3 aromatic rings. The SMILES string of the molecule is Cc1cc(C)c(NC(=O)CSc2nnc(-c3ccc(Cl)cc3)n2CC(C)C)c(C)c1. The van der Waals surface area contributed by atoms with Crippen LogP contribution in [-0.4, -0.2) is 26.4 Å². The minimum absolute atomic E-state index is 0.0535. The van der Waals surface area contributed by atoms with Gasteiger partial charge in [0.15, 0.2) is 11.0 Å². The van der Waals surface area contributed by atoms with Crippen LogP contribution in [0.2, 0.25) is 5.02 Å². The Labute approximate surface area is 187 Å². The van der Waals surface area contributed by atoms with Crippen LogP contribution in [0, 0.1) is 26.7 Å². The van der Waals surface area contributed by atoms with Gasteiger partial charge in [-0.3, -0.25) is 4.79 Å². The predicted molar refractivity (Wildman–Crippen MR) is 125 cm³/mol. The van der Waals surface area contributed by atoms with Crippen LogP contribution in [0.5, 0.6) is 0 Å². The zero-order valence-corrected chi connectivity index (χ0v) is 19.6. The Balaban J connectivity index is 1.76. The van der Waals surface area contributed by atoms with Crippen molar-refractivity contribution in [3.8, 4) is 11.4 Å². The largest absolute Gasteiger partial charge is 0.325 e. The molecule has 0 aliphatic rings. The molecule has 0 radical (unpaired) electrons. The summed E-state index contributed by atoms with van der Waals surface area (Å²) in [7, 11) is 0. The van der Waals surface area contributed by atoms with Gasteiger partial charge in [0.25, 0.3) is 0 Å². The molecular formula is C23H27ClN4OS. The van der Waals surface area contributed by atoms with E-state index < -0.39 is 0 Å². The van der Waals surface area contributed by atoms with Crippen molar-refractivity contribution in [2.45, 2.75) is 46.3 Å². The van der Waals surface area contributed by atoms with Crippen molar-refractivity contribution in [1.29, 1.82) is 0 Å². The van der Waals surface area contributed by atoms with Crippen molar-refractivity contribution < 1.29 is 4.79 Å². The highest BCUT2D eigenvalue weighted by atomic mass is 35.5. The Morgan fingerprint density at radius 3 is 2.33 bits per heavy atom. The smallest absolute Gasteiger partial charge is 0.234 e. The van der Waals surface area contributed by atoms with Gasteiger partial charge in [0.2, 0.25) is 5.91 Å². The summed E-state index contributed by atoms with van der Waals surface area (Å²) in [6.07, 6.45) is 0. The average molecular weight is 443 g/mol.